The molecule has 0 bridgehead atoms. The monoisotopic (exact) mass is 498 g/mol. The second kappa shape index (κ2) is 10.1. The Labute approximate surface area is 208 Å². The van der Waals surface area contributed by atoms with Crippen molar-refractivity contribution >= 4 is 29.4 Å². The van der Waals surface area contributed by atoms with Crippen LogP contribution in [0.1, 0.15) is 24.1 Å². The van der Waals surface area contributed by atoms with Crippen molar-refractivity contribution in [1.82, 2.24) is 15.1 Å². The van der Waals surface area contributed by atoms with Gasteiger partial charge in [0, 0.05) is 37.7 Å². The van der Waals surface area contributed by atoms with E-state index >= 15 is 0 Å². The highest BCUT2D eigenvalue weighted by atomic mass is 35.5. The first-order chi connectivity index (χ1) is 17.0. The van der Waals surface area contributed by atoms with Gasteiger partial charge in [0.1, 0.15) is 6.04 Å². The number of carbonyl (C=O) groups excluding carboxylic acids is 2. The van der Waals surface area contributed by atoms with Crippen LogP contribution < -0.4 is 14.8 Å². The maximum absolute atomic E-state index is 13.0. The van der Waals surface area contributed by atoms with Crippen LogP contribution in [-0.2, 0) is 20.9 Å². The van der Waals surface area contributed by atoms with Gasteiger partial charge >= 0.3 is 5.97 Å². The Hall–Kier alpha value is -3.30. The number of hydrogen-bond donors (Lipinski definition) is 1. The molecule has 0 aromatic heterocycles. The summed E-state index contributed by atoms with van der Waals surface area (Å²) >= 11 is 6.04. The molecule has 1 amide bonds. The molecule has 3 aliphatic heterocycles. The van der Waals surface area contributed by atoms with Crippen LogP contribution in [0.15, 0.2) is 47.5 Å². The summed E-state index contributed by atoms with van der Waals surface area (Å²) in [5.74, 6) is 0.00803. The number of hydrogen-bond acceptors (Lipinski definition) is 8. The molecular weight excluding hydrogens is 472 g/mol. The highest BCUT2D eigenvalue weighted by Gasteiger charge is 2.42. The molecule has 10 heteroatoms. The number of fused-ring (bicyclic) bond motifs is 1. The van der Waals surface area contributed by atoms with Gasteiger partial charge in [0.2, 0.25) is 18.7 Å². The largest absolute Gasteiger partial charge is 0.465 e. The number of piperazine rings is 1. The van der Waals surface area contributed by atoms with Crippen molar-refractivity contribution in [2.24, 2.45) is 10.9 Å². The van der Waals surface area contributed by atoms with E-state index < -0.39 is 23.8 Å². The lowest BCUT2D eigenvalue weighted by Gasteiger charge is -2.39. The van der Waals surface area contributed by atoms with Crippen LogP contribution in [-0.4, -0.2) is 67.2 Å². The number of carbonyl (C=O) groups is 2. The fourth-order valence-corrected chi connectivity index (χ4v) is 4.67. The Morgan fingerprint density at radius 3 is 2.60 bits per heavy atom. The Morgan fingerprint density at radius 1 is 1.11 bits per heavy atom. The van der Waals surface area contributed by atoms with Crippen molar-refractivity contribution < 1.29 is 23.8 Å². The van der Waals surface area contributed by atoms with E-state index in [0.717, 1.165) is 42.3 Å². The minimum absolute atomic E-state index is 0.192. The fraction of sp³-hybridized carbons (Fsp3) is 0.400. The first kappa shape index (κ1) is 23.4. The summed E-state index contributed by atoms with van der Waals surface area (Å²) in [6, 6.07) is 12.4. The minimum Gasteiger partial charge on any atom is -0.465 e. The van der Waals surface area contributed by atoms with Gasteiger partial charge in [0.25, 0.3) is 0 Å². The van der Waals surface area contributed by atoms with Gasteiger partial charge in [-0.3, -0.25) is 19.8 Å². The molecule has 2 atom stereocenters. The molecule has 3 aliphatic rings. The molecule has 5 rings (SSSR count). The summed E-state index contributed by atoms with van der Waals surface area (Å²) in [4.78, 5) is 34.9. The van der Waals surface area contributed by atoms with Gasteiger partial charge in [0.05, 0.1) is 6.61 Å². The number of nitrogens with one attached hydrogen (secondary N) is 1. The quantitative estimate of drug-likeness (QED) is 0.500. The van der Waals surface area contributed by atoms with Gasteiger partial charge in [-0.15, -0.1) is 0 Å². The van der Waals surface area contributed by atoms with Crippen molar-refractivity contribution in [3.05, 3.63) is 58.6 Å². The third kappa shape index (κ3) is 5.06. The van der Waals surface area contributed by atoms with E-state index in [4.69, 9.17) is 30.8 Å². The molecule has 0 spiro atoms. The van der Waals surface area contributed by atoms with Crippen LogP contribution in [0.5, 0.6) is 11.5 Å². The van der Waals surface area contributed by atoms with Crippen LogP contribution in [0.2, 0.25) is 5.02 Å². The summed E-state index contributed by atoms with van der Waals surface area (Å²) in [6.07, 6.45) is 0. The smallest absolute Gasteiger partial charge is 0.321 e. The Bertz CT molecular complexity index is 1130. The highest BCUT2D eigenvalue weighted by molar-refractivity contribution is 6.30. The Balaban J connectivity index is 1.29. The number of aliphatic imine (C=N–C) groups is 1. The lowest BCUT2D eigenvalue weighted by atomic mass is 9.91. The first-order valence-corrected chi connectivity index (χ1v) is 12.1. The normalized spacial score (nSPS) is 21.9. The van der Waals surface area contributed by atoms with Crippen molar-refractivity contribution in [2.45, 2.75) is 19.5 Å². The van der Waals surface area contributed by atoms with Crippen LogP contribution in [0.25, 0.3) is 0 Å². The number of ether oxygens (including phenoxy) is 3. The van der Waals surface area contributed by atoms with Crippen molar-refractivity contribution in [2.75, 3.05) is 39.6 Å². The molecule has 0 aliphatic carbocycles. The molecular formula is C25H27ClN4O5. The van der Waals surface area contributed by atoms with Crippen LogP contribution in [0, 0.1) is 5.92 Å². The topological polar surface area (TPSA) is 92.7 Å². The molecule has 2 aromatic carbocycles. The van der Waals surface area contributed by atoms with Gasteiger partial charge in [-0.05, 0) is 42.3 Å². The number of benzene rings is 2. The third-order valence-electron chi connectivity index (χ3n) is 6.36. The number of amides is 1. The van der Waals surface area contributed by atoms with Crippen LogP contribution >= 0.6 is 11.6 Å². The average molecular weight is 499 g/mol. The number of guanidine groups is 1. The van der Waals surface area contributed by atoms with E-state index in [-0.39, 0.29) is 13.4 Å². The standard InChI is InChI=1S/C25H27ClN4O5/c1-2-33-24(32)21-22(17-4-6-18(26)7-5-17)27-25(28-23(21)31)30-11-9-29(10-12-30)14-16-3-8-19-20(13-16)35-15-34-19/h3-8,13,21-22H,2,9-12,14-15H2,1H3,(H,27,28,31)/t21-,22+/m0/s1. The van der Waals surface area contributed by atoms with Crippen LogP contribution in [0.3, 0.4) is 0 Å². The van der Waals surface area contributed by atoms with Gasteiger partial charge in [-0.1, -0.05) is 29.8 Å². The fourth-order valence-electron chi connectivity index (χ4n) is 4.54. The van der Waals surface area contributed by atoms with E-state index in [2.05, 4.69) is 21.2 Å². The van der Waals surface area contributed by atoms with Crippen molar-refractivity contribution in [3.63, 3.8) is 0 Å². The van der Waals surface area contributed by atoms with Gasteiger partial charge in [-0.25, -0.2) is 4.99 Å². The molecule has 0 saturated carbocycles. The van der Waals surface area contributed by atoms with E-state index in [9.17, 15) is 9.59 Å². The second-order valence-corrected chi connectivity index (χ2v) is 9.06. The van der Waals surface area contributed by atoms with Crippen molar-refractivity contribution in [3.8, 4) is 11.5 Å². The SMILES string of the molecule is CCOC(=O)[C@@H]1C(=O)NC(N2CCN(Cc3ccc4c(c3)OCO4)CC2)=N[C@@H]1c1ccc(Cl)cc1. The summed E-state index contributed by atoms with van der Waals surface area (Å²) in [6.45, 7) is 5.96. The van der Waals surface area contributed by atoms with Gasteiger partial charge < -0.3 is 19.1 Å². The van der Waals surface area contributed by atoms with E-state index in [1.807, 2.05) is 12.1 Å². The third-order valence-corrected chi connectivity index (χ3v) is 6.61. The number of halogens is 1. The van der Waals surface area contributed by atoms with Crippen molar-refractivity contribution in [1.29, 1.82) is 0 Å². The Morgan fingerprint density at radius 2 is 1.86 bits per heavy atom. The highest BCUT2D eigenvalue weighted by Crippen LogP contribution is 2.33. The lowest BCUT2D eigenvalue weighted by Crippen LogP contribution is -2.57. The van der Waals surface area contributed by atoms with Crippen LogP contribution in [0.4, 0.5) is 0 Å². The van der Waals surface area contributed by atoms with Gasteiger partial charge in [-0.2, -0.15) is 0 Å². The van der Waals surface area contributed by atoms with Gasteiger partial charge in [0.15, 0.2) is 17.4 Å². The number of esters is 1. The summed E-state index contributed by atoms with van der Waals surface area (Å²) in [7, 11) is 0. The molecule has 3 heterocycles. The predicted octanol–water partition coefficient (Wildman–Crippen LogP) is 2.59. The Kier molecular flexibility index (Phi) is 6.79. The zero-order valence-corrected chi connectivity index (χ0v) is 20.2. The predicted molar refractivity (Wildman–Crippen MR) is 129 cm³/mol. The molecule has 1 saturated heterocycles. The average Bonchev–Trinajstić information content (AvgIpc) is 3.32. The summed E-state index contributed by atoms with van der Waals surface area (Å²) in [5, 5.41) is 3.41. The summed E-state index contributed by atoms with van der Waals surface area (Å²) in [5.41, 5.74) is 1.90. The zero-order valence-electron chi connectivity index (χ0n) is 19.4. The lowest BCUT2D eigenvalue weighted by molar-refractivity contribution is -0.153. The molecule has 0 radical (unpaired) electrons. The zero-order chi connectivity index (χ0) is 24.4. The van der Waals surface area contributed by atoms with E-state index in [1.165, 1.54) is 0 Å². The number of nitrogens with zero attached hydrogens (tertiary/aromatic N) is 3. The summed E-state index contributed by atoms with van der Waals surface area (Å²) < 4.78 is 16.0. The molecule has 35 heavy (non-hydrogen) atoms. The molecule has 2 aromatic rings. The van der Waals surface area contributed by atoms with E-state index in [1.54, 1.807) is 31.2 Å². The molecule has 9 nitrogen and oxygen atoms in total. The maximum Gasteiger partial charge on any atom is 0.321 e. The second-order valence-electron chi connectivity index (χ2n) is 8.62. The molecule has 1 fully saturated rings. The molecule has 1 N–H and O–H groups in total. The maximum atomic E-state index is 13.0. The molecule has 0 unspecified atom stereocenters. The first-order valence-electron chi connectivity index (χ1n) is 11.7. The minimum atomic E-state index is -1.05. The van der Waals surface area contributed by atoms with E-state index in [0.29, 0.717) is 24.1 Å². The molecule has 184 valence electrons. The number of rotatable bonds is 5.